The van der Waals surface area contributed by atoms with Crippen molar-refractivity contribution in [2.45, 2.75) is 0 Å². The molecule has 0 unspecified atom stereocenters. The quantitative estimate of drug-likeness (QED) is 0.482. The number of rotatable bonds is 6. The van der Waals surface area contributed by atoms with Crippen LogP contribution in [-0.4, -0.2) is 18.4 Å². The Kier molecular flexibility index (Phi) is 5.43. The molecule has 0 bridgehead atoms. The van der Waals surface area contributed by atoms with E-state index in [-0.39, 0.29) is 23.7 Å². The molecular formula is C23H17FN2O4. The number of anilines is 2. The van der Waals surface area contributed by atoms with Gasteiger partial charge in [-0.05, 0) is 42.5 Å². The molecule has 0 atom stereocenters. The van der Waals surface area contributed by atoms with Crippen LogP contribution in [0.25, 0.3) is 11.0 Å². The van der Waals surface area contributed by atoms with Crippen LogP contribution in [0.1, 0.15) is 10.6 Å². The van der Waals surface area contributed by atoms with Crippen LogP contribution in [0, 0.1) is 5.82 Å². The van der Waals surface area contributed by atoms with Crippen LogP contribution >= 0.6 is 0 Å². The number of nitrogens with one attached hydrogen (secondary N) is 2. The molecule has 0 fully saturated rings. The van der Waals surface area contributed by atoms with Gasteiger partial charge in [0.05, 0.1) is 0 Å². The van der Waals surface area contributed by atoms with E-state index in [1.165, 1.54) is 18.2 Å². The number of furan rings is 1. The van der Waals surface area contributed by atoms with Crippen LogP contribution in [0.3, 0.4) is 0 Å². The zero-order valence-corrected chi connectivity index (χ0v) is 15.7. The molecule has 4 aromatic rings. The first-order chi connectivity index (χ1) is 14.6. The molecule has 2 N–H and O–H groups in total. The van der Waals surface area contributed by atoms with Gasteiger partial charge in [-0.2, -0.15) is 0 Å². The summed E-state index contributed by atoms with van der Waals surface area (Å²) < 4.78 is 24.5. The fourth-order valence-electron chi connectivity index (χ4n) is 2.92. The van der Waals surface area contributed by atoms with Gasteiger partial charge in [-0.1, -0.05) is 36.4 Å². The number of benzene rings is 3. The molecule has 2 amide bonds. The van der Waals surface area contributed by atoms with Crippen LogP contribution in [0.15, 0.2) is 83.3 Å². The van der Waals surface area contributed by atoms with Gasteiger partial charge < -0.3 is 19.8 Å². The van der Waals surface area contributed by atoms with Gasteiger partial charge in [0.1, 0.15) is 22.8 Å². The molecule has 0 aliphatic carbocycles. The van der Waals surface area contributed by atoms with Crippen LogP contribution in [0.4, 0.5) is 15.8 Å². The number of amides is 2. The molecule has 0 spiro atoms. The van der Waals surface area contributed by atoms with Crippen LogP contribution in [0.5, 0.6) is 5.75 Å². The van der Waals surface area contributed by atoms with E-state index in [2.05, 4.69) is 10.6 Å². The van der Waals surface area contributed by atoms with Crippen LogP contribution in [0.2, 0.25) is 0 Å². The maximum Gasteiger partial charge on any atom is 0.293 e. The zero-order chi connectivity index (χ0) is 20.9. The Bertz CT molecular complexity index is 1200. The Balaban J connectivity index is 1.57. The summed E-state index contributed by atoms with van der Waals surface area (Å²) in [5.74, 6) is -1.09. The summed E-state index contributed by atoms with van der Waals surface area (Å²) in [5, 5.41) is 5.83. The van der Waals surface area contributed by atoms with Gasteiger partial charge >= 0.3 is 0 Å². The second-order valence-corrected chi connectivity index (χ2v) is 6.42. The smallest absolute Gasteiger partial charge is 0.293 e. The molecule has 4 rings (SSSR count). The highest BCUT2D eigenvalue weighted by atomic mass is 19.1. The van der Waals surface area contributed by atoms with Gasteiger partial charge in [0.25, 0.3) is 11.8 Å². The minimum atomic E-state index is -0.615. The Labute approximate surface area is 171 Å². The third-order valence-electron chi connectivity index (χ3n) is 4.26. The summed E-state index contributed by atoms with van der Waals surface area (Å²) in [6.07, 6.45) is 0. The molecule has 1 aromatic heterocycles. The second-order valence-electron chi connectivity index (χ2n) is 6.42. The number of carbonyl (C=O) groups excluding carboxylic acids is 2. The number of fused-ring (bicyclic) bond motifs is 1. The lowest BCUT2D eigenvalue weighted by atomic mass is 10.2. The second kappa shape index (κ2) is 8.48. The van der Waals surface area contributed by atoms with Crippen molar-refractivity contribution in [3.05, 3.63) is 90.4 Å². The molecule has 0 aliphatic heterocycles. The van der Waals surface area contributed by atoms with E-state index >= 15 is 0 Å². The number of ether oxygens (including phenoxy) is 1. The van der Waals surface area contributed by atoms with Crippen molar-refractivity contribution >= 4 is 34.2 Å². The monoisotopic (exact) mass is 404 g/mol. The van der Waals surface area contributed by atoms with E-state index in [0.717, 1.165) is 0 Å². The maximum atomic E-state index is 13.4. The molecule has 0 saturated carbocycles. The SMILES string of the molecule is O=C(COc1ccccc1)Nc1c(C(=O)Nc2cccc(F)c2)oc2ccccc12. The Morgan fingerprint density at radius 2 is 1.67 bits per heavy atom. The number of hydrogen-bond acceptors (Lipinski definition) is 4. The Morgan fingerprint density at radius 1 is 0.900 bits per heavy atom. The van der Waals surface area contributed by atoms with Crippen molar-refractivity contribution in [1.29, 1.82) is 0 Å². The van der Waals surface area contributed by atoms with Gasteiger partial charge in [-0.3, -0.25) is 9.59 Å². The van der Waals surface area contributed by atoms with Gasteiger partial charge in [0.15, 0.2) is 6.61 Å². The standard InChI is InChI=1S/C23H17FN2O4/c24-15-7-6-8-16(13-15)25-23(28)22-21(18-11-4-5-12-19(18)30-22)26-20(27)14-29-17-9-2-1-3-10-17/h1-13H,14H2,(H,25,28)(H,26,27). The summed E-state index contributed by atoms with van der Waals surface area (Å²) in [6, 6.07) is 21.3. The maximum absolute atomic E-state index is 13.4. The summed E-state index contributed by atoms with van der Waals surface area (Å²) >= 11 is 0. The van der Waals surface area contributed by atoms with Crippen molar-refractivity contribution in [2.24, 2.45) is 0 Å². The number of carbonyl (C=O) groups is 2. The third-order valence-corrected chi connectivity index (χ3v) is 4.26. The third kappa shape index (κ3) is 4.30. The van der Waals surface area contributed by atoms with Crippen LogP contribution in [-0.2, 0) is 4.79 Å². The summed E-state index contributed by atoms with van der Waals surface area (Å²) in [4.78, 5) is 25.2. The lowest BCUT2D eigenvalue weighted by Gasteiger charge is -2.09. The van der Waals surface area contributed by atoms with Gasteiger partial charge in [-0.25, -0.2) is 4.39 Å². The van der Waals surface area contributed by atoms with Crippen molar-refractivity contribution in [3.63, 3.8) is 0 Å². The van der Waals surface area contributed by atoms with Gasteiger partial charge in [0, 0.05) is 11.1 Å². The molecule has 3 aromatic carbocycles. The first-order valence-electron chi connectivity index (χ1n) is 9.16. The average molecular weight is 404 g/mol. The lowest BCUT2D eigenvalue weighted by molar-refractivity contribution is -0.118. The molecular weight excluding hydrogens is 387 g/mol. The molecule has 7 heteroatoms. The first kappa shape index (κ1) is 19.2. The Hall–Kier alpha value is -4.13. The number of para-hydroxylation sites is 2. The van der Waals surface area contributed by atoms with E-state index in [1.807, 2.05) is 6.07 Å². The van der Waals surface area contributed by atoms with Gasteiger partial charge in [-0.15, -0.1) is 0 Å². The molecule has 150 valence electrons. The van der Waals surface area contributed by atoms with Crippen molar-refractivity contribution in [3.8, 4) is 5.75 Å². The lowest BCUT2D eigenvalue weighted by Crippen LogP contribution is -2.22. The molecule has 30 heavy (non-hydrogen) atoms. The average Bonchev–Trinajstić information content (AvgIpc) is 3.12. The first-order valence-corrected chi connectivity index (χ1v) is 9.16. The normalized spacial score (nSPS) is 10.6. The number of halogens is 1. The molecule has 6 nitrogen and oxygen atoms in total. The minimum Gasteiger partial charge on any atom is -0.484 e. The van der Waals surface area contributed by atoms with E-state index in [9.17, 15) is 14.0 Å². The predicted octanol–water partition coefficient (Wildman–Crippen LogP) is 4.84. The highest BCUT2D eigenvalue weighted by Crippen LogP contribution is 2.31. The Morgan fingerprint density at radius 3 is 2.47 bits per heavy atom. The van der Waals surface area contributed by atoms with E-state index < -0.39 is 17.6 Å². The molecule has 0 saturated heterocycles. The number of hydrogen-bond donors (Lipinski definition) is 2. The molecule has 1 heterocycles. The van der Waals surface area contributed by atoms with Crippen molar-refractivity contribution in [2.75, 3.05) is 17.2 Å². The highest BCUT2D eigenvalue weighted by Gasteiger charge is 2.22. The predicted molar refractivity (Wildman–Crippen MR) is 111 cm³/mol. The van der Waals surface area contributed by atoms with Gasteiger partial charge in [0.2, 0.25) is 5.76 Å². The summed E-state index contributed by atoms with van der Waals surface area (Å²) in [7, 11) is 0. The van der Waals surface area contributed by atoms with Crippen molar-refractivity contribution in [1.82, 2.24) is 0 Å². The summed E-state index contributed by atoms with van der Waals surface area (Å²) in [6.45, 7) is -0.242. The molecule has 0 radical (unpaired) electrons. The van der Waals surface area contributed by atoms with E-state index in [1.54, 1.807) is 54.6 Å². The van der Waals surface area contributed by atoms with E-state index in [0.29, 0.717) is 16.7 Å². The fraction of sp³-hybridized carbons (Fsp3) is 0.0435. The topological polar surface area (TPSA) is 80.6 Å². The summed E-state index contributed by atoms with van der Waals surface area (Å²) in [5.41, 5.74) is 0.924. The fourth-order valence-corrected chi connectivity index (χ4v) is 2.92. The zero-order valence-electron chi connectivity index (χ0n) is 15.7. The van der Waals surface area contributed by atoms with Crippen molar-refractivity contribution < 1.29 is 23.1 Å². The van der Waals surface area contributed by atoms with Crippen LogP contribution < -0.4 is 15.4 Å². The minimum absolute atomic E-state index is 0.0893. The largest absolute Gasteiger partial charge is 0.484 e. The highest BCUT2D eigenvalue weighted by molar-refractivity contribution is 6.14. The molecule has 0 aliphatic rings. The van der Waals surface area contributed by atoms with E-state index in [4.69, 9.17) is 9.15 Å².